The van der Waals surface area contributed by atoms with Gasteiger partial charge in [0.1, 0.15) is 0 Å². The molecule has 0 aliphatic heterocycles. The summed E-state index contributed by atoms with van der Waals surface area (Å²) in [6.07, 6.45) is 0. The van der Waals surface area contributed by atoms with E-state index in [9.17, 15) is 0 Å². The molecule has 0 aliphatic carbocycles. The van der Waals surface area contributed by atoms with Crippen molar-refractivity contribution in [1.82, 2.24) is 20.3 Å². The average Bonchev–Trinajstić information content (AvgIpc) is 3.07. The highest BCUT2D eigenvalue weighted by atomic mass is 35.5. The Morgan fingerprint density at radius 3 is 2.35 bits per heavy atom. The number of anilines is 1. The topological polar surface area (TPSA) is 67.9 Å². The van der Waals surface area contributed by atoms with Crippen LogP contribution in [0.3, 0.4) is 0 Å². The van der Waals surface area contributed by atoms with Crippen LogP contribution in [0.2, 0.25) is 5.02 Å². The average molecular weight is 330 g/mol. The van der Waals surface area contributed by atoms with Crippen LogP contribution in [0.4, 0.5) is 5.82 Å². The van der Waals surface area contributed by atoms with Gasteiger partial charge in [-0.25, -0.2) is 0 Å². The molecule has 0 bridgehead atoms. The van der Waals surface area contributed by atoms with Crippen LogP contribution in [0.15, 0.2) is 40.9 Å². The molecule has 6 nitrogen and oxygen atoms in total. The summed E-state index contributed by atoms with van der Waals surface area (Å²) in [6, 6.07) is 11.0. The van der Waals surface area contributed by atoms with E-state index in [0.29, 0.717) is 22.4 Å². The summed E-state index contributed by atoms with van der Waals surface area (Å²) < 4.78 is 5.28. The second-order valence-electron chi connectivity index (χ2n) is 4.88. The minimum absolute atomic E-state index is 0.341. The fourth-order valence-electron chi connectivity index (χ4n) is 2.20. The van der Waals surface area contributed by atoms with Crippen molar-refractivity contribution in [3.05, 3.63) is 41.4 Å². The SMILES string of the molecule is CCN(CC)c1ccc(-c2nc(-c3ccc(Cl)cc3)no2)nn1. The second-order valence-corrected chi connectivity index (χ2v) is 5.32. The molecule has 7 heteroatoms. The van der Waals surface area contributed by atoms with Crippen LogP contribution in [0, 0.1) is 0 Å². The Hall–Kier alpha value is -2.47. The quantitative estimate of drug-likeness (QED) is 0.711. The Morgan fingerprint density at radius 2 is 1.74 bits per heavy atom. The number of rotatable bonds is 5. The van der Waals surface area contributed by atoms with E-state index < -0.39 is 0 Å². The van der Waals surface area contributed by atoms with Crippen molar-refractivity contribution in [1.29, 1.82) is 0 Å². The zero-order valence-electron chi connectivity index (χ0n) is 12.9. The summed E-state index contributed by atoms with van der Waals surface area (Å²) in [6.45, 7) is 5.92. The van der Waals surface area contributed by atoms with Gasteiger partial charge in [-0.3, -0.25) is 0 Å². The maximum absolute atomic E-state index is 5.88. The molecule has 0 saturated carbocycles. The van der Waals surface area contributed by atoms with Gasteiger partial charge in [-0.15, -0.1) is 10.2 Å². The zero-order chi connectivity index (χ0) is 16.2. The van der Waals surface area contributed by atoms with E-state index in [0.717, 1.165) is 24.5 Å². The third-order valence-electron chi connectivity index (χ3n) is 3.49. The first-order valence-electron chi connectivity index (χ1n) is 7.40. The predicted molar refractivity (Wildman–Crippen MR) is 89.3 cm³/mol. The zero-order valence-corrected chi connectivity index (χ0v) is 13.7. The molecule has 3 rings (SSSR count). The second kappa shape index (κ2) is 6.75. The van der Waals surface area contributed by atoms with Crippen molar-refractivity contribution >= 4 is 17.4 Å². The highest BCUT2D eigenvalue weighted by Gasteiger charge is 2.13. The molecule has 23 heavy (non-hydrogen) atoms. The number of hydrogen-bond acceptors (Lipinski definition) is 6. The van der Waals surface area contributed by atoms with Crippen molar-refractivity contribution in [3.8, 4) is 23.0 Å². The molecule has 0 radical (unpaired) electrons. The van der Waals surface area contributed by atoms with Crippen LogP contribution < -0.4 is 4.90 Å². The minimum atomic E-state index is 0.341. The number of benzene rings is 1. The molecule has 0 N–H and O–H groups in total. The first-order chi connectivity index (χ1) is 11.2. The van der Waals surface area contributed by atoms with Gasteiger partial charge >= 0.3 is 0 Å². The van der Waals surface area contributed by atoms with E-state index in [1.807, 2.05) is 24.3 Å². The summed E-state index contributed by atoms with van der Waals surface area (Å²) in [5, 5.41) is 13.0. The summed E-state index contributed by atoms with van der Waals surface area (Å²) in [4.78, 5) is 6.47. The molecule has 118 valence electrons. The number of aromatic nitrogens is 4. The fourth-order valence-corrected chi connectivity index (χ4v) is 2.33. The summed E-state index contributed by atoms with van der Waals surface area (Å²) in [7, 11) is 0. The molecule has 0 atom stereocenters. The largest absolute Gasteiger partial charge is 0.356 e. The van der Waals surface area contributed by atoms with Crippen molar-refractivity contribution in [2.24, 2.45) is 0 Å². The molecule has 0 spiro atoms. The van der Waals surface area contributed by atoms with E-state index in [1.54, 1.807) is 12.1 Å². The van der Waals surface area contributed by atoms with Crippen molar-refractivity contribution < 1.29 is 4.52 Å². The molecule has 0 fully saturated rings. The van der Waals surface area contributed by atoms with Crippen LogP contribution >= 0.6 is 11.6 Å². The van der Waals surface area contributed by atoms with E-state index >= 15 is 0 Å². The Balaban J connectivity index is 1.84. The Kier molecular flexibility index (Phi) is 4.52. The van der Waals surface area contributed by atoms with E-state index in [-0.39, 0.29) is 0 Å². The molecule has 0 aliphatic rings. The van der Waals surface area contributed by atoms with Crippen LogP contribution in [0.1, 0.15) is 13.8 Å². The van der Waals surface area contributed by atoms with Gasteiger partial charge in [0.2, 0.25) is 5.82 Å². The van der Waals surface area contributed by atoms with Crippen LogP contribution in [-0.2, 0) is 0 Å². The van der Waals surface area contributed by atoms with Crippen molar-refractivity contribution in [2.75, 3.05) is 18.0 Å². The molecule has 2 heterocycles. The highest BCUT2D eigenvalue weighted by molar-refractivity contribution is 6.30. The van der Waals surface area contributed by atoms with Crippen LogP contribution in [-0.4, -0.2) is 33.4 Å². The first kappa shape index (κ1) is 15.4. The van der Waals surface area contributed by atoms with Gasteiger partial charge in [-0.05, 0) is 50.2 Å². The first-order valence-corrected chi connectivity index (χ1v) is 7.77. The lowest BCUT2D eigenvalue weighted by molar-refractivity contribution is 0.430. The molecular formula is C16H16ClN5O. The molecule has 0 saturated heterocycles. The van der Waals surface area contributed by atoms with Crippen molar-refractivity contribution in [2.45, 2.75) is 13.8 Å². The van der Waals surface area contributed by atoms with Gasteiger partial charge in [0.05, 0.1) is 0 Å². The fraction of sp³-hybridized carbons (Fsp3) is 0.250. The lowest BCUT2D eigenvalue weighted by atomic mass is 10.2. The molecule has 1 aromatic carbocycles. The van der Waals surface area contributed by atoms with Gasteiger partial charge in [0, 0.05) is 23.7 Å². The normalized spacial score (nSPS) is 10.7. The number of nitrogens with zero attached hydrogens (tertiary/aromatic N) is 5. The van der Waals surface area contributed by atoms with Gasteiger partial charge in [-0.2, -0.15) is 4.98 Å². The Bertz CT molecular complexity index is 766. The molecule has 2 aromatic heterocycles. The standard InChI is InChI=1S/C16H16ClN5O/c1-3-22(4-2)14-10-9-13(19-20-14)16-18-15(21-23-16)11-5-7-12(17)8-6-11/h5-10H,3-4H2,1-2H3. The smallest absolute Gasteiger partial charge is 0.278 e. The van der Waals surface area contributed by atoms with Gasteiger partial charge < -0.3 is 9.42 Å². The maximum Gasteiger partial charge on any atom is 0.278 e. The summed E-state index contributed by atoms with van der Waals surface area (Å²) >= 11 is 5.88. The third-order valence-corrected chi connectivity index (χ3v) is 3.74. The third kappa shape index (κ3) is 3.32. The lowest BCUT2D eigenvalue weighted by Crippen LogP contribution is -2.23. The Labute approximate surface area is 139 Å². The van der Waals surface area contributed by atoms with Gasteiger partial charge in [0.25, 0.3) is 5.89 Å². The van der Waals surface area contributed by atoms with Gasteiger partial charge in [0.15, 0.2) is 11.5 Å². The lowest BCUT2D eigenvalue weighted by Gasteiger charge is -2.18. The maximum atomic E-state index is 5.88. The number of hydrogen-bond donors (Lipinski definition) is 0. The predicted octanol–water partition coefficient (Wildman–Crippen LogP) is 3.69. The van der Waals surface area contributed by atoms with Gasteiger partial charge in [-0.1, -0.05) is 16.8 Å². The van der Waals surface area contributed by atoms with Crippen LogP contribution in [0.25, 0.3) is 23.0 Å². The number of halogens is 1. The van der Waals surface area contributed by atoms with Crippen LogP contribution in [0.5, 0.6) is 0 Å². The minimum Gasteiger partial charge on any atom is -0.356 e. The molecule has 3 aromatic rings. The molecule has 0 amide bonds. The molecular weight excluding hydrogens is 314 g/mol. The Morgan fingerprint density at radius 1 is 1.00 bits per heavy atom. The summed E-state index contributed by atoms with van der Waals surface area (Å²) in [5.41, 5.74) is 1.38. The highest BCUT2D eigenvalue weighted by Crippen LogP contribution is 2.22. The monoisotopic (exact) mass is 329 g/mol. The van der Waals surface area contributed by atoms with E-state index in [1.165, 1.54) is 0 Å². The summed E-state index contributed by atoms with van der Waals surface area (Å²) in [5.74, 6) is 1.66. The van der Waals surface area contributed by atoms with E-state index in [4.69, 9.17) is 16.1 Å². The molecule has 0 unspecified atom stereocenters. The van der Waals surface area contributed by atoms with E-state index in [2.05, 4.69) is 39.1 Å². The van der Waals surface area contributed by atoms with Crippen molar-refractivity contribution in [3.63, 3.8) is 0 Å².